The van der Waals surface area contributed by atoms with Gasteiger partial charge >= 0.3 is 5.97 Å². The molecule has 2 N–H and O–H groups in total. The Morgan fingerprint density at radius 1 is 1.22 bits per heavy atom. The first-order chi connectivity index (χ1) is 11.0. The normalized spacial score (nSPS) is 10.9. The molecule has 3 rings (SSSR count). The van der Waals surface area contributed by atoms with Crippen LogP contribution in [0.5, 0.6) is 5.75 Å². The summed E-state index contributed by atoms with van der Waals surface area (Å²) >= 11 is 0. The zero-order valence-corrected chi connectivity index (χ0v) is 13.4. The minimum absolute atomic E-state index is 0.0319. The lowest BCUT2D eigenvalue weighted by molar-refractivity contribution is -0.136. The summed E-state index contributed by atoms with van der Waals surface area (Å²) in [6, 6.07) is 11.9. The third-order valence-electron chi connectivity index (χ3n) is 4.06. The smallest absolute Gasteiger partial charge is 0.307 e. The number of H-pyrrole nitrogens is 1. The first kappa shape index (κ1) is 15.2. The van der Waals surface area contributed by atoms with Gasteiger partial charge in [0.2, 0.25) is 0 Å². The van der Waals surface area contributed by atoms with Crippen LogP contribution in [0.4, 0.5) is 0 Å². The first-order valence-electron chi connectivity index (χ1n) is 7.47. The molecule has 0 bridgehead atoms. The van der Waals surface area contributed by atoms with Gasteiger partial charge in [0, 0.05) is 10.9 Å². The monoisotopic (exact) mass is 309 g/mol. The predicted molar refractivity (Wildman–Crippen MR) is 91.1 cm³/mol. The van der Waals surface area contributed by atoms with Crippen LogP contribution in [0, 0.1) is 13.8 Å². The number of carboxylic acids is 1. The minimum Gasteiger partial charge on any atom is -0.497 e. The summed E-state index contributed by atoms with van der Waals surface area (Å²) in [5.74, 6) is -0.114. The van der Waals surface area contributed by atoms with Crippen molar-refractivity contribution in [3.63, 3.8) is 0 Å². The van der Waals surface area contributed by atoms with Crippen molar-refractivity contribution < 1.29 is 14.6 Å². The number of benzene rings is 2. The number of carboxylic acid groups (broad SMARTS) is 1. The van der Waals surface area contributed by atoms with Crippen molar-refractivity contribution in [2.75, 3.05) is 7.11 Å². The molecule has 0 aliphatic carbocycles. The van der Waals surface area contributed by atoms with Gasteiger partial charge in [-0.3, -0.25) is 4.79 Å². The van der Waals surface area contributed by atoms with Crippen molar-refractivity contribution in [3.05, 3.63) is 53.1 Å². The third-order valence-corrected chi connectivity index (χ3v) is 4.06. The lowest BCUT2D eigenvalue weighted by atomic mass is 10.0. The minimum atomic E-state index is -0.847. The van der Waals surface area contributed by atoms with Crippen molar-refractivity contribution in [2.45, 2.75) is 20.3 Å². The maximum Gasteiger partial charge on any atom is 0.307 e. The van der Waals surface area contributed by atoms with Gasteiger partial charge in [0.1, 0.15) is 5.75 Å². The number of hydrogen-bond donors (Lipinski definition) is 2. The van der Waals surface area contributed by atoms with Crippen LogP contribution in [0.25, 0.3) is 22.2 Å². The summed E-state index contributed by atoms with van der Waals surface area (Å²) in [6.07, 6.45) is -0.0319. The second-order valence-corrected chi connectivity index (χ2v) is 5.79. The summed E-state index contributed by atoms with van der Waals surface area (Å²) in [4.78, 5) is 14.8. The molecule has 0 amide bonds. The van der Waals surface area contributed by atoms with Crippen molar-refractivity contribution >= 4 is 16.9 Å². The molecule has 3 aromatic rings. The van der Waals surface area contributed by atoms with Crippen molar-refractivity contribution in [2.24, 2.45) is 0 Å². The zero-order chi connectivity index (χ0) is 16.6. The van der Waals surface area contributed by atoms with E-state index in [1.165, 1.54) is 0 Å². The van der Waals surface area contributed by atoms with Gasteiger partial charge in [-0.1, -0.05) is 23.8 Å². The lowest BCUT2D eigenvalue weighted by Gasteiger charge is -2.05. The van der Waals surface area contributed by atoms with Gasteiger partial charge in [0.25, 0.3) is 0 Å². The predicted octanol–water partition coefficient (Wildman–Crippen LogP) is 4.09. The number of methoxy groups -OCH3 is 1. The van der Waals surface area contributed by atoms with E-state index in [1.807, 2.05) is 44.2 Å². The van der Waals surface area contributed by atoms with Crippen LogP contribution in [-0.2, 0) is 11.2 Å². The fraction of sp³-hybridized carbons (Fsp3) is 0.211. The molecule has 2 aromatic carbocycles. The van der Waals surface area contributed by atoms with Crippen molar-refractivity contribution in [1.29, 1.82) is 0 Å². The Hall–Kier alpha value is -2.75. The van der Waals surface area contributed by atoms with Gasteiger partial charge in [-0.05, 0) is 48.7 Å². The highest BCUT2D eigenvalue weighted by molar-refractivity contribution is 5.96. The molecule has 4 heteroatoms. The largest absolute Gasteiger partial charge is 0.497 e. The summed E-state index contributed by atoms with van der Waals surface area (Å²) < 4.78 is 5.34. The lowest BCUT2D eigenvalue weighted by Crippen LogP contribution is -2.01. The SMILES string of the molecule is COc1cc(C)c2[nH]c(-c3cccc(C)c3)c(CC(=O)O)c2c1. The van der Waals surface area contributed by atoms with E-state index in [2.05, 4.69) is 11.1 Å². The van der Waals surface area contributed by atoms with Crippen LogP contribution in [0.15, 0.2) is 36.4 Å². The van der Waals surface area contributed by atoms with Crippen molar-refractivity contribution in [3.8, 4) is 17.0 Å². The number of aliphatic carboxylic acids is 1. The van der Waals surface area contributed by atoms with Gasteiger partial charge in [-0.2, -0.15) is 0 Å². The number of aromatic nitrogens is 1. The molecule has 23 heavy (non-hydrogen) atoms. The average Bonchev–Trinajstić information content (AvgIpc) is 2.86. The standard InChI is InChI=1S/C19H19NO3/c1-11-5-4-6-13(7-11)19-16(10-17(21)22)15-9-14(23-3)8-12(2)18(15)20-19/h4-9,20H,10H2,1-3H3,(H,21,22). The maximum absolute atomic E-state index is 11.4. The molecule has 0 spiro atoms. The van der Waals surface area contributed by atoms with Crippen LogP contribution in [0.3, 0.4) is 0 Å². The van der Waals surface area contributed by atoms with E-state index >= 15 is 0 Å². The summed E-state index contributed by atoms with van der Waals surface area (Å²) in [7, 11) is 1.62. The van der Waals surface area contributed by atoms with Crippen LogP contribution >= 0.6 is 0 Å². The number of aryl methyl sites for hydroxylation is 2. The highest BCUT2D eigenvalue weighted by atomic mass is 16.5. The second-order valence-electron chi connectivity index (χ2n) is 5.79. The molecule has 0 radical (unpaired) electrons. The van der Waals surface area contributed by atoms with Crippen LogP contribution in [0.1, 0.15) is 16.7 Å². The number of rotatable bonds is 4. The van der Waals surface area contributed by atoms with Crippen LogP contribution in [-0.4, -0.2) is 23.2 Å². The highest BCUT2D eigenvalue weighted by Gasteiger charge is 2.18. The molecule has 118 valence electrons. The Kier molecular flexibility index (Phi) is 3.82. The Balaban J connectivity index is 2.32. The Bertz CT molecular complexity index is 893. The number of aromatic amines is 1. The van der Waals surface area contributed by atoms with Crippen LogP contribution in [0.2, 0.25) is 0 Å². The molecule has 1 heterocycles. The zero-order valence-electron chi connectivity index (χ0n) is 13.4. The van der Waals surface area contributed by atoms with E-state index in [4.69, 9.17) is 4.74 Å². The molecule has 0 aliphatic heterocycles. The van der Waals surface area contributed by atoms with E-state index in [0.29, 0.717) is 0 Å². The van der Waals surface area contributed by atoms with Crippen LogP contribution < -0.4 is 4.74 Å². The van der Waals surface area contributed by atoms with E-state index < -0.39 is 5.97 Å². The number of fused-ring (bicyclic) bond motifs is 1. The number of ether oxygens (including phenoxy) is 1. The molecular weight excluding hydrogens is 290 g/mol. The van der Waals surface area contributed by atoms with E-state index in [0.717, 1.165) is 44.6 Å². The summed E-state index contributed by atoms with van der Waals surface area (Å²) in [5.41, 5.74) is 5.78. The van der Waals surface area contributed by atoms with Gasteiger partial charge in [-0.25, -0.2) is 0 Å². The maximum atomic E-state index is 11.4. The number of nitrogens with one attached hydrogen (secondary N) is 1. The fourth-order valence-corrected chi connectivity index (χ4v) is 2.99. The van der Waals surface area contributed by atoms with Gasteiger partial charge in [-0.15, -0.1) is 0 Å². The quantitative estimate of drug-likeness (QED) is 0.763. The van der Waals surface area contributed by atoms with E-state index in [9.17, 15) is 9.90 Å². The molecule has 0 fully saturated rings. The Morgan fingerprint density at radius 3 is 2.65 bits per heavy atom. The molecule has 0 atom stereocenters. The van der Waals surface area contributed by atoms with E-state index in [1.54, 1.807) is 7.11 Å². The number of hydrogen-bond acceptors (Lipinski definition) is 2. The Morgan fingerprint density at radius 2 is 2.00 bits per heavy atom. The molecule has 0 saturated carbocycles. The average molecular weight is 309 g/mol. The molecular formula is C19H19NO3. The van der Waals surface area contributed by atoms with E-state index in [-0.39, 0.29) is 6.42 Å². The summed E-state index contributed by atoms with van der Waals surface area (Å²) in [6.45, 7) is 4.02. The van der Waals surface area contributed by atoms with Crippen molar-refractivity contribution in [1.82, 2.24) is 4.98 Å². The second kappa shape index (κ2) is 5.80. The van der Waals surface area contributed by atoms with Gasteiger partial charge < -0.3 is 14.8 Å². The topological polar surface area (TPSA) is 62.3 Å². The first-order valence-corrected chi connectivity index (χ1v) is 7.47. The Labute approximate surface area is 134 Å². The molecule has 0 unspecified atom stereocenters. The molecule has 4 nitrogen and oxygen atoms in total. The molecule has 0 saturated heterocycles. The van der Waals surface area contributed by atoms with Gasteiger partial charge in [0.15, 0.2) is 0 Å². The number of carbonyl (C=O) groups is 1. The van der Waals surface area contributed by atoms with Gasteiger partial charge in [0.05, 0.1) is 19.2 Å². The highest BCUT2D eigenvalue weighted by Crippen LogP contribution is 2.35. The molecule has 1 aromatic heterocycles. The molecule has 0 aliphatic rings. The summed E-state index contributed by atoms with van der Waals surface area (Å²) in [5, 5.41) is 10.2. The third kappa shape index (κ3) is 2.80. The fourth-order valence-electron chi connectivity index (χ4n) is 2.99.